The zero-order valence-electron chi connectivity index (χ0n) is 15.7. The molecule has 1 aromatic carbocycles. The summed E-state index contributed by atoms with van der Waals surface area (Å²) in [7, 11) is 1.66. The molecule has 6 nitrogen and oxygen atoms in total. The summed E-state index contributed by atoms with van der Waals surface area (Å²) in [6.45, 7) is 2.97. The van der Waals surface area contributed by atoms with Crippen LogP contribution in [0.5, 0.6) is 5.75 Å². The van der Waals surface area contributed by atoms with Crippen LogP contribution in [0.2, 0.25) is 0 Å². The predicted octanol–water partition coefficient (Wildman–Crippen LogP) is 3.11. The van der Waals surface area contributed by atoms with Gasteiger partial charge in [0.25, 0.3) is 0 Å². The molecular weight excluding hydrogens is 372 g/mol. The van der Waals surface area contributed by atoms with E-state index in [9.17, 15) is 4.79 Å². The molecule has 7 heteroatoms. The quantitative estimate of drug-likeness (QED) is 0.666. The first-order valence-electron chi connectivity index (χ1n) is 9.24. The van der Waals surface area contributed by atoms with Crippen LogP contribution < -0.4 is 9.64 Å². The van der Waals surface area contributed by atoms with Crippen LogP contribution in [-0.2, 0) is 11.2 Å². The normalized spacial score (nSPS) is 14.2. The molecule has 1 aliphatic rings. The van der Waals surface area contributed by atoms with Crippen LogP contribution in [0.1, 0.15) is 4.88 Å². The predicted molar refractivity (Wildman–Crippen MR) is 111 cm³/mol. The lowest BCUT2D eigenvalue weighted by Crippen LogP contribution is -2.49. The number of ether oxygens (including phenoxy) is 1. The van der Waals surface area contributed by atoms with Crippen LogP contribution in [-0.4, -0.2) is 54.1 Å². The highest BCUT2D eigenvalue weighted by Crippen LogP contribution is 2.24. The number of aromatic nitrogens is 2. The standard InChI is InChI=1S/C21H22N4O2S/c1-27-17-6-4-16(5-7-17)19-14-20(23-15-22-19)24-8-10-25(11-9-24)21(26)13-18-3-2-12-28-18/h2-7,12,14-15H,8-11,13H2,1H3. The van der Waals surface area contributed by atoms with Gasteiger partial charge in [0.2, 0.25) is 5.91 Å². The van der Waals surface area contributed by atoms with Crippen molar-refractivity contribution < 1.29 is 9.53 Å². The summed E-state index contributed by atoms with van der Waals surface area (Å²) in [6.07, 6.45) is 2.09. The van der Waals surface area contributed by atoms with E-state index in [1.54, 1.807) is 24.8 Å². The van der Waals surface area contributed by atoms with E-state index in [2.05, 4.69) is 14.9 Å². The number of benzene rings is 1. The highest BCUT2D eigenvalue weighted by atomic mass is 32.1. The molecule has 3 heterocycles. The fraction of sp³-hybridized carbons (Fsp3) is 0.286. The Morgan fingerprint density at radius 1 is 1.11 bits per heavy atom. The second-order valence-corrected chi connectivity index (χ2v) is 7.65. The lowest BCUT2D eigenvalue weighted by Gasteiger charge is -2.35. The number of hydrogen-bond donors (Lipinski definition) is 0. The van der Waals surface area contributed by atoms with Gasteiger partial charge in [0, 0.05) is 42.7 Å². The maximum atomic E-state index is 12.5. The number of piperazine rings is 1. The van der Waals surface area contributed by atoms with Crippen molar-refractivity contribution in [3.63, 3.8) is 0 Å². The van der Waals surface area contributed by atoms with Crippen molar-refractivity contribution in [3.05, 3.63) is 59.0 Å². The summed E-state index contributed by atoms with van der Waals surface area (Å²) >= 11 is 1.63. The summed E-state index contributed by atoms with van der Waals surface area (Å²) in [4.78, 5) is 26.6. The van der Waals surface area contributed by atoms with E-state index in [4.69, 9.17) is 4.74 Å². The molecule has 1 saturated heterocycles. The Morgan fingerprint density at radius 2 is 1.89 bits per heavy atom. The van der Waals surface area contributed by atoms with Gasteiger partial charge in [0.15, 0.2) is 0 Å². The van der Waals surface area contributed by atoms with Gasteiger partial charge in [-0.05, 0) is 35.7 Å². The largest absolute Gasteiger partial charge is 0.497 e. The monoisotopic (exact) mass is 394 g/mol. The van der Waals surface area contributed by atoms with E-state index >= 15 is 0 Å². The molecule has 1 amide bonds. The molecule has 0 spiro atoms. The fourth-order valence-corrected chi connectivity index (χ4v) is 3.99. The first kappa shape index (κ1) is 18.4. The Balaban J connectivity index is 1.39. The smallest absolute Gasteiger partial charge is 0.227 e. The van der Waals surface area contributed by atoms with Crippen LogP contribution in [0.3, 0.4) is 0 Å². The van der Waals surface area contributed by atoms with Crippen molar-refractivity contribution in [2.24, 2.45) is 0 Å². The number of amides is 1. The number of carbonyl (C=O) groups is 1. The lowest BCUT2D eigenvalue weighted by atomic mass is 10.1. The molecule has 4 rings (SSSR count). The number of thiophene rings is 1. The molecular formula is C21H22N4O2S. The van der Waals surface area contributed by atoms with Gasteiger partial charge in [0.1, 0.15) is 17.9 Å². The molecule has 0 bridgehead atoms. The number of hydrogen-bond acceptors (Lipinski definition) is 6. The van der Waals surface area contributed by atoms with Crippen molar-refractivity contribution in [2.45, 2.75) is 6.42 Å². The van der Waals surface area contributed by atoms with E-state index in [0.29, 0.717) is 19.5 Å². The summed E-state index contributed by atoms with van der Waals surface area (Å²) in [5.41, 5.74) is 1.90. The molecule has 1 fully saturated rings. The summed E-state index contributed by atoms with van der Waals surface area (Å²) < 4.78 is 5.21. The average molecular weight is 395 g/mol. The fourth-order valence-electron chi connectivity index (χ4n) is 3.30. The van der Waals surface area contributed by atoms with Crippen LogP contribution in [0.25, 0.3) is 11.3 Å². The second kappa shape index (κ2) is 8.39. The zero-order chi connectivity index (χ0) is 19.3. The van der Waals surface area contributed by atoms with Crippen molar-refractivity contribution in [3.8, 4) is 17.0 Å². The Hall–Kier alpha value is -2.93. The average Bonchev–Trinajstić information content (AvgIpc) is 3.27. The van der Waals surface area contributed by atoms with Gasteiger partial charge < -0.3 is 14.5 Å². The van der Waals surface area contributed by atoms with E-state index in [1.807, 2.05) is 52.7 Å². The second-order valence-electron chi connectivity index (χ2n) is 6.61. The third-order valence-corrected chi connectivity index (χ3v) is 5.78. The number of anilines is 1. The Bertz CT molecular complexity index is 920. The Labute approximate surface area is 168 Å². The minimum Gasteiger partial charge on any atom is -0.497 e. The van der Waals surface area contributed by atoms with Crippen LogP contribution in [0, 0.1) is 0 Å². The SMILES string of the molecule is COc1ccc(-c2cc(N3CCN(C(=O)Cc4cccs4)CC3)ncn2)cc1. The van der Waals surface area contributed by atoms with Crippen LogP contribution in [0.4, 0.5) is 5.82 Å². The molecule has 28 heavy (non-hydrogen) atoms. The van der Waals surface area contributed by atoms with Crippen LogP contribution >= 0.6 is 11.3 Å². The summed E-state index contributed by atoms with van der Waals surface area (Å²) in [5, 5.41) is 2.01. The number of rotatable bonds is 5. The van der Waals surface area contributed by atoms with E-state index in [-0.39, 0.29) is 5.91 Å². The minimum absolute atomic E-state index is 0.198. The van der Waals surface area contributed by atoms with Gasteiger partial charge >= 0.3 is 0 Å². The molecule has 1 aliphatic heterocycles. The van der Waals surface area contributed by atoms with Gasteiger partial charge in [-0.25, -0.2) is 9.97 Å². The molecule has 0 radical (unpaired) electrons. The van der Waals surface area contributed by atoms with Crippen molar-refractivity contribution in [1.29, 1.82) is 0 Å². The van der Waals surface area contributed by atoms with Crippen molar-refractivity contribution in [2.75, 3.05) is 38.2 Å². The molecule has 0 N–H and O–H groups in total. The maximum absolute atomic E-state index is 12.5. The molecule has 2 aromatic heterocycles. The Kier molecular flexibility index (Phi) is 5.53. The number of nitrogens with zero attached hydrogens (tertiary/aromatic N) is 4. The van der Waals surface area contributed by atoms with Gasteiger partial charge in [-0.15, -0.1) is 11.3 Å². The molecule has 0 aliphatic carbocycles. The molecule has 3 aromatic rings. The first-order chi connectivity index (χ1) is 13.7. The first-order valence-corrected chi connectivity index (χ1v) is 10.1. The topological polar surface area (TPSA) is 58.6 Å². The number of methoxy groups -OCH3 is 1. The zero-order valence-corrected chi connectivity index (χ0v) is 16.6. The highest BCUT2D eigenvalue weighted by molar-refractivity contribution is 7.10. The number of carbonyl (C=O) groups excluding carboxylic acids is 1. The molecule has 0 saturated carbocycles. The third kappa shape index (κ3) is 4.14. The van der Waals surface area contributed by atoms with E-state index < -0.39 is 0 Å². The third-order valence-electron chi connectivity index (χ3n) is 4.90. The minimum atomic E-state index is 0.198. The van der Waals surface area contributed by atoms with Gasteiger partial charge in [0.05, 0.1) is 19.2 Å². The van der Waals surface area contributed by atoms with Gasteiger partial charge in [-0.3, -0.25) is 4.79 Å². The summed E-state index contributed by atoms with van der Waals surface area (Å²) in [5.74, 6) is 1.91. The van der Waals surface area contributed by atoms with Crippen molar-refractivity contribution in [1.82, 2.24) is 14.9 Å². The van der Waals surface area contributed by atoms with Gasteiger partial charge in [-0.2, -0.15) is 0 Å². The molecule has 0 unspecified atom stereocenters. The lowest BCUT2D eigenvalue weighted by molar-refractivity contribution is -0.130. The van der Waals surface area contributed by atoms with E-state index in [0.717, 1.165) is 40.8 Å². The maximum Gasteiger partial charge on any atom is 0.227 e. The Morgan fingerprint density at radius 3 is 2.57 bits per heavy atom. The molecule has 144 valence electrons. The van der Waals surface area contributed by atoms with E-state index in [1.165, 1.54) is 0 Å². The van der Waals surface area contributed by atoms with Crippen LogP contribution in [0.15, 0.2) is 54.2 Å². The highest BCUT2D eigenvalue weighted by Gasteiger charge is 2.22. The van der Waals surface area contributed by atoms with Gasteiger partial charge in [-0.1, -0.05) is 6.07 Å². The summed E-state index contributed by atoms with van der Waals surface area (Å²) in [6, 6.07) is 13.8. The molecule has 0 atom stereocenters. The van der Waals surface area contributed by atoms with Crippen molar-refractivity contribution >= 4 is 23.1 Å².